The molecule has 1 fully saturated rings. The van der Waals surface area contributed by atoms with Crippen LogP contribution in [0.4, 0.5) is 0 Å². The van der Waals surface area contributed by atoms with Crippen LogP contribution in [0.3, 0.4) is 0 Å². The maximum atomic E-state index is 10.5. The number of rotatable bonds is 1. The van der Waals surface area contributed by atoms with Gasteiger partial charge in [-0.2, -0.15) is 17.5 Å². The minimum absolute atomic E-state index is 0. The van der Waals surface area contributed by atoms with Gasteiger partial charge in [0.05, 0.1) is 5.91 Å². The maximum Gasteiger partial charge on any atom is 4.00 e. The summed E-state index contributed by atoms with van der Waals surface area (Å²) in [6.45, 7) is 4.31. The number of carbonyl (C=O) groups is 1. The fraction of sp³-hybridized carbons (Fsp3) is 0.400. The van der Waals surface area contributed by atoms with Crippen molar-refractivity contribution in [1.29, 1.82) is 0 Å². The van der Waals surface area contributed by atoms with Crippen molar-refractivity contribution in [2.75, 3.05) is 0 Å². The number of fused-ring (bicyclic) bond motifs is 1. The number of carbonyl (C=O) groups excluding carboxylic acids is 1. The Bertz CT molecular complexity index is 491. The zero-order chi connectivity index (χ0) is 15.5. The SMILES string of the molecule is C[Si]C.[CH3-].[CH3-].[NH-]C(=O)C1CCCCC1.[Ti+4].c1ccc2[cH-]ccc2c1. The van der Waals surface area contributed by atoms with Gasteiger partial charge in [-0.15, -0.1) is 29.7 Å². The summed E-state index contributed by atoms with van der Waals surface area (Å²) in [6.07, 6.45) is 5.47. The van der Waals surface area contributed by atoms with E-state index in [2.05, 4.69) is 55.6 Å². The van der Waals surface area contributed by atoms with E-state index in [4.69, 9.17) is 5.73 Å². The summed E-state index contributed by atoms with van der Waals surface area (Å²) in [5.41, 5.74) is 6.83. The molecule has 0 aromatic heterocycles. The fourth-order valence-corrected chi connectivity index (χ4v) is 2.43. The van der Waals surface area contributed by atoms with Crippen molar-refractivity contribution in [2.24, 2.45) is 5.92 Å². The van der Waals surface area contributed by atoms with Crippen LogP contribution in [0.2, 0.25) is 13.1 Å². The Kier molecular flexibility index (Phi) is 19.9. The van der Waals surface area contributed by atoms with Gasteiger partial charge in [0, 0.05) is 15.4 Å². The first kappa shape index (κ1) is 28.1. The number of hydrogen-bond donors (Lipinski definition) is 0. The molecule has 3 rings (SSSR count). The first-order chi connectivity index (χ1) is 10.2. The molecule has 4 heteroatoms. The third-order valence-electron chi connectivity index (χ3n) is 3.52. The number of benzene rings is 1. The van der Waals surface area contributed by atoms with Gasteiger partial charge in [0.2, 0.25) is 0 Å². The molecular formula is C20H31NOSiTi. The van der Waals surface area contributed by atoms with E-state index >= 15 is 0 Å². The van der Waals surface area contributed by atoms with E-state index in [9.17, 15) is 4.79 Å². The summed E-state index contributed by atoms with van der Waals surface area (Å²) in [4.78, 5) is 10.5. The molecule has 1 aliphatic carbocycles. The average Bonchev–Trinajstić information content (AvgIpc) is 2.98. The molecule has 0 heterocycles. The normalized spacial score (nSPS) is 12.8. The van der Waals surface area contributed by atoms with Gasteiger partial charge in [-0.3, -0.25) is 0 Å². The Labute approximate surface area is 166 Å². The van der Waals surface area contributed by atoms with Gasteiger partial charge in [0.1, 0.15) is 0 Å². The molecule has 0 aliphatic heterocycles. The molecule has 0 atom stereocenters. The molecule has 2 aromatic carbocycles. The predicted molar refractivity (Wildman–Crippen MR) is 106 cm³/mol. The number of hydrogen-bond acceptors (Lipinski definition) is 1. The fourth-order valence-electron chi connectivity index (χ4n) is 2.43. The summed E-state index contributed by atoms with van der Waals surface area (Å²) in [6, 6.07) is 14.7. The second-order valence-electron chi connectivity index (χ2n) is 5.35. The minimum Gasteiger partial charge on any atom is -0.668 e. The first-order valence-electron chi connectivity index (χ1n) is 7.63. The zero-order valence-electron chi connectivity index (χ0n) is 15.6. The monoisotopic (exact) mass is 377 g/mol. The summed E-state index contributed by atoms with van der Waals surface area (Å²) < 4.78 is 0. The van der Waals surface area contributed by atoms with Gasteiger partial charge >= 0.3 is 21.7 Å². The van der Waals surface area contributed by atoms with E-state index in [1.807, 2.05) is 0 Å². The molecule has 130 valence electrons. The number of nitrogens with one attached hydrogen (secondary N) is 1. The van der Waals surface area contributed by atoms with E-state index in [-0.39, 0.29) is 48.4 Å². The Morgan fingerprint density at radius 2 is 1.62 bits per heavy atom. The topological polar surface area (TPSA) is 40.9 Å². The van der Waals surface area contributed by atoms with Gasteiger partial charge in [-0.05, 0) is 12.8 Å². The molecule has 1 amide bonds. The number of amides is 1. The second-order valence-corrected chi connectivity index (χ2v) is 6.35. The standard InChI is InChI=1S/C9H7.C7H13NO.C2H6Si.2CH3.Ti/c1-2-5-9-7-3-6-8(9)4-1;8-7(9)6-4-2-1-3-5-6;1-3-2;;;/h1-7H;6H,1-5H2,(H2,8,9);1-2H3;2*1H3;/q-1;;;2*-1;+4/p-1. The Balaban J connectivity index is -0.000000286. The second kappa shape index (κ2) is 17.1. The van der Waals surface area contributed by atoms with Crippen molar-refractivity contribution in [3.8, 4) is 0 Å². The molecule has 24 heavy (non-hydrogen) atoms. The van der Waals surface area contributed by atoms with E-state index in [0.717, 1.165) is 35.2 Å². The Morgan fingerprint density at radius 3 is 2.08 bits per heavy atom. The van der Waals surface area contributed by atoms with Crippen molar-refractivity contribution in [3.63, 3.8) is 0 Å². The van der Waals surface area contributed by atoms with Crippen molar-refractivity contribution >= 4 is 26.2 Å². The summed E-state index contributed by atoms with van der Waals surface area (Å²) in [5.74, 6) is -0.270. The molecule has 0 bridgehead atoms. The molecule has 2 radical (unpaired) electrons. The molecule has 1 saturated carbocycles. The summed E-state index contributed by atoms with van der Waals surface area (Å²) in [5, 5.41) is 2.66. The van der Waals surface area contributed by atoms with Gasteiger partial charge in [0.25, 0.3) is 0 Å². The predicted octanol–water partition coefficient (Wildman–Crippen LogP) is 6.39. The Hall–Kier alpha value is -0.769. The molecule has 1 aliphatic rings. The van der Waals surface area contributed by atoms with Crippen LogP contribution in [0.25, 0.3) is 16.5 Å². The van der Waals surface area contributed by atoms with Crippen molar-refractivity contribution in [3.05, 3.63) is 63.1 Å². The molecule has 1 N–H and O–H groups in total. The van der Waals surface area contributed by atoms with Crippen molar-refractivity contribution in [1.82, 2.24) is 0 Å². The molecule has 0 saturated heterocycles. The van der Waals surface area contributed by atoms with Gasteiger partial charge in [-0.25, -0.2) is 0 Å². The van der Waals surface area contributed by atoms with Crippen LogP contribution in [0.5, 0.6) is 0 Å². The molecule has 2 aromatic rings. The molecule has 2 nitrogen and oxygen atoms in total. The smallest absolute Gasteiger partial charge is 0.668 e. The van der Waals surface area contributed by atoms with E-state index < -0.39 is 0 Å². The minimum atomic E-state index is -0.352. The van der Waals surface area contributed by atoms with E-state index in [1.165, 1.54) is 17.2 Å². The van der Waals surface area contributed by atoms with Crippen LogP contribution in [-0.2, 0) is 26.5 Å². The van der Waals surface area contributed by atoms with Crippen LogP contribution in [0.15, 0.2) is 42.5 Å². The molecule has 0 unspecified atom stereocenters. The van der Waals surface area contributed by atoms with Gasteiger partial charge in [0.15, 0.2) is 0 Å². The largest absolute Gasteiger partial charge is 4.00 e. The quantitative estimate of drug-likeness (QED) is 0.419. The van der Waals surface area contributed by atoms with Gasteiger partial charge in [-0.1, -0.05) is 38.4 Å². The summed E-state index contributed by atoms with van der Waals surface area (Å²) >= 11 is 0. The molecule has 0 spiro atoms. The average molecular weight is 377 g/mol. The first-order valence-corrected chi connectivity index (χ1v) is 9.63. The van der Waals surface area contributed by atoms with E-state index in [1.54, 1.807) is 0 Å². The van der Waals surface area contributed by atoms with Crippen LogP contribution in [0, 0.1) is 20.8 Å². The Morgan fingerprint density at radius 1 is 1.08 bits per heavy atom. The third kappa shape index (κ3) is 10.9. The van der Waals surface area contributed by atoms with Crippen molar-refractivity contribution < 1.29 is 26.5 Å². The van der Waals surface area contributed by atoms with Gasteiger partial charge < -0.3 is 25.4 Å². The van der Waals surface area contributed by atoms with Crippen LogP contribution < -0.4 is 0 Å². The molecular weight excluding hydrogens is 346 g/mol. The van der Waals surface area contributed by atoms with Crippen LogP contribution in [0.1, 0.15) is 32.1 Å². The third-order valence-corrected chi connectivity index (χ3v) is 3.52. The van der Waals surface area contributed by atoms with Crippen LogP contribution in [-0.4, -0.2) is 15.4 Å². The van der Waals surface area contributed by atoms with Crippen molar-refractivity contribution in [2.45, 2.75) is 45.2 Å². The van der Waals surface area contributed by atoms with E-state index in [0.29, 0.717) is 0 Å². The maximum absolute atomic E-state index is 10.5. The summed E-state index contributed by atoms with van der Waals surface area (Å²) in [7, 11) is 1.08. The van der Waals surface area contributed by atoms with Crippen LogP contribution >= 0.6 is 0 Å². The zero-order valence-corrected chi connectivity index (χ0v) is 18.1.